The Balaban J connectivity index is 1.57. The van der Waals surface area contributed by atoms with E-state index < -0.39 is 0 Å². The molecule has 0 N–H and O–H groups in total. The molecular formula is C26H20N6. The Morgan fingerprint density at radius 1 is 0.344 bits per heavy atom. The van der Waals surface area contributed by atoms with Gasteiger partial charge in [0.05, 0.1) is 0 Å². The van der Waals surface area contributed by atoms with E-state index in [1.54, 1.807) is 24.8 Å². The molecule has 32 heavy (non-hydrogen) atoms. The van der Waals surface area contributed by atoms with Gasteiger partial charge in [-0.05, 0) is 72.8 Å². The summed E-state index contributed by atoms with van der Waals surface area (Å²) in [6, 6.07) is 31.6. The van der Waals surface area contributed by atoms with Crippen molar-refractivity contribution in [3.8, 4) is 0 Å². The van der Waals surface area contributed by atoms with Crippen LogP contribution < -0.4 is 9.80 Å². The minimum Gasteiger partial charge on any atom is -0.279 e. The molecule has 6 nitrogen and oxygen atoms in total. The van der Waals surface area contributed by atoms with E-state index in [9.17, 15) is 0 Å². The quantitative estimate of drug-likeness (QED) is 0.328. The Kier molecular flexibility index (Phi) is 5.49. The van der Waals surface area contributed by atoms with Crippen LogP contribution in [0, 0.1) is 0 Å². The number of pyridine rings is 4. The predicted octanol–water partition coefficient (Wildman–Crippen LogP) is 6.21. The van der Waals surface area contributed by atoms with Crippen LogP contribution in [-0.2, 0) is 0 Å². The number of benzene rings is 1. The molecule has 4 heterocycles. The van der Waals surface area contributed by atoms with Gasteiger partial charge >= 0.3 is 0 Å². The monoisotopic (exact) mass is 416 g/mol. The van der Waals surface area contributed by atoms with Crippen LogP contribution in [0.4, 0.5) is 34.6 Å². The molecule has 0 amide bonds. The lowest BCUT2D eigenvalue weighted by molar-refractivity contribution is 1.11. The van der Waals surface area contributed by atoms with Crippen molar-refractivity contribution in [2.75, 3.05) is 9.80 Å². The highest BCUT2D eigenvalue weighted by molar-refractivity contribution is 5.77. The summed E-state index contributed by atoms with van der Waals surface area (Å²) in [5.41, 5.74) is 1.90. The van der Waals surface area contributed by atoms with Gasteiger partial charge < -0.3 is 0 Å². The van der Waals surface area contributed by atoms with Crippen LogP contribution >= 0.6 is 0 Å². The first-order valence-electron chi connectivity index (χ1n) is 10.2. The summed E-state index contributed by atoms with van der Waals surface area (Å²) in [6.45, 7) is 0. The summed E-state index contributed by atoms with van der Waals surface area (Å²) in [5.74, 6) is 3.19. The van der Waals surface area contributed by atoms with E-state index in [1.807, 2.05) is 82.6 Å². The topological polar surface area (TPSA) is 58.0 Å². The van der Waals surface area contributed by atoms with Gasteiger partial charge in [0.1, 0.15) is 23.3 Å². The standard InChI is InChI=1S/C26H20N6/c1-5-17-27-23(9-1)31(24-10-2-6-18-28-24)21-13-15-22(16-14-21)32(25-11-3-7-19-29-25)26-12-4-8-20-30-26/h1-20H. The van der Waals surface area contributed by atoms with Crippen LogP contribution in [0.5, 0.6) is 0 Å². The molecule has 0 aliphatic heterocycles. The third-order valence-electron chi connectivity index (χ3n) is 4.88. The highest BCUT2D eigenvalue weighted by atomic mass is 15.2. The van der Waals surface area contributed by atoms with Crippen LogP contribution in [0.15, 0.2) is 122 Å². The van der Waals surface area contributed by atoms with Gasteiger partial charge in [0.15, 0.2) is 0 Å². The molecule has 0 fully saturated rings. The molecule has 6 heteroatoms. The van der Waals surface area contributed by atoms with E-state index in [4.69, 9.17) is 0 Å². The van der Waals surface area contributed by atoms with Gasteiger partial charge in [-0.2, -0.15) is 0 Å². The van der Waals surface area contributed by atoms with Crippen molar-refractivity contribution in [2.24, 2.45) is 0 Å². The van der Waals surface area contributed by atoms with E-state index >= 15 is 0 Å². The van der Waals surface area contributed by atoms with Crippen molar-refractivity contribution in [1.29, 1.82) is 0 Å². The van der Waals surface area contributed by atoms with Crippen LogP contribution in [0.3, 0.4) is 0 Å². The number of hydrogen-bond acceptors (Lipinski definition) is 6. The molecule has 5 aromatic rings. The lowest BCUT2D eigenvalue weighted by Crippen LogP contribution is -2.14. The lowest BCUT2D eigenvalue weighted by atomic mass is 10.2. The van der Waals surface area contributed by atoms with Crippen molar-refractivity contribution in [2.45, 2.75) is 0 Å². The zero-order valence-corrected chi connectivity index (χ0v) is 17.2. The molecule has 0 saturated heterocycles. The zero-order valence-electron chi connectivity index (χ0n) is 17.2. The van der Waals surface area contributed by atoms with Crippen LogP contribution in [0.25, 0.3) is 0 Å². The minimum atomic E-state index is 0.797. The van der Waals surface area contributed by atoms with Crippen LogP contribution in [0.1, 0.15) is 0 Å². The third-order valence-corrected chi connectivity index (χ3v) is 4.88. The molecule has 0 aliphatic carbocycles. The molecule has 5 rings (SSSR count). The molecule has 1 aromatic carbocycles. The first kappa shape index (κ1) is 19.4. The number of aromatic nitrogens is 4. The van der Waals surface area contributed by atoms with Crippen LogP contribution in [-0.4, -0.2) is 19.9 Å². The van der Waals surface area contributed by atoms with E-state index in [0.29, 0.717) is 0 Å². The molecule has 154 valence electrons. The van der Waals surface area contributed by atoms with Crippen molar-refractivity contribution in [1.82, 2.24) is 19.9 Å². The molecule has 4 aromatic heterocycles. The highest BCUT2D eigenvalue weighted by Crippen LogP contribution is 2.36. The van der Waals surface area contributed by atoms with E-state index in [2.05, 4.69) is 44.2 Å². The second kappa shape index (κ2) is 9.06. The molecule has 0 bridgehead atoms. The first-order chi connectivity index (χ1) is 15.9. The van der Waals surface area contributed by atoms with Crippen molar-refractivity contribution >= 4 is 34.6 Å². The smallest absolute Gasteiger partial charge is 0.138 e. The van der Waals surface area contributed by atoms with Crippen molar-refractivity contribution in [3.63, 3.8) is 0 Å². The predicted molar refractivity (Wildman–Crippen MR) is 127 cm³/mol. The molecule has 0 saturated carbocycles. The summed E-state index contributed by atoms with van der Waals surface area (Å²) < 4.78 is 0. The largest absolute Gasteiger partial charge is 0.279 e. The zero-order chi connectivity index (χ0) is 21.6. The van der Waals surface area contributed by atoms with Gasteiger partial charge in [0.25, 0.3) is 0 Å². The number of rotatable bonds is 6. The highest BCUT2D eigenvalue weighted by Gasteiger charge is 2.17. The van der Waals surface area contributed by atoms with Gasteiger partial charge in [-0.1, -0.05) is 24.3 Å². The van der Waals surface area contributed by atoms with Gasteiger partial charge in [0.2, 0.25) is 0 Å². The molecule has 0 spiro atoms. The van der Waals surface area contributed by atoms with Crippen molar-refractivity contribution < 1.29 is 0 Å². The Morgan fingerprint density at radius 3 is 0.844 bits per heavy atom. The molecular weight excluding hydrogens is 396 g/mol. The van der Waals surface area contributed by atoms with Crippen molar-refractivity contribution in [3.05, 3.63) is 122 Å². The second-order valence-corrected chi connectivity index (χ2v) is 6.94. The normalized spacial score (nSPS) is 10.5. The summed E-state index contributed by atoms with van der Waals surface area (Å²) in [7, 11) is 0. The fourth-order valence-corrected chi connectivity index (χ4v) is 3.46. The fraction of sp³-hybridized carbons (Fsp3) is 0. The summed E-state index contributed by atoms with van der Waals surface area (Å²) in [4.78, 5) is 22.2. The Morgan fingerprint density at radius 2 is 0.625 bits per heavy atom. The van der Waals surface area contributed by atoms with Gasteiger partial charge in [0, 0.05) is 36.2 Å². The summed E-state index contributed by atoms with van der Waals surface area (Å²) in [5, 5.41) is 0. The third kappa shape index (κ3) is 4.02. The molecule has 0 radical (unpaired) electrons. The van der Waals surface area contributed by atoms with Crippen LogP contribution in [0.2, 0.25) is 0 Å². The number of nitrogens with zero attached hydrogens (tertiary/aromatic N) is 6. The molecule has 0 atom stereocenters. The average molecular weight is 416 g/mol. The Labute approximate surface area is 186 Å². The summed E-state index contributed by atoms with van der Waals surface area (Å²) in [6.07, 6.45) is 7.13. The maximum atomic E-state index is 4.54. The number of hydrogen-bond donors (Lipinski definition) is 0. The maximum Gasteiger partial charge on any atom is 0.138 e. The average Bonchev–Trinajstić information content (AvgIpc) is 2.88. The molecule has 0 unspecified atom stereocenters. The Hall–Kier alpha value is -4.58. The van der Waals surface area contributed by atoms with E-state index in [1.165, 1.54) is 0 Å². The second-order valence-electron chi connectivity index (χ2n) is 6.94. The minimum absolute atomic E-state index is 0.797. The van der Waals surface area contributed by atoms with Gasteiger partial charge in [-0.15, -0.1) is 0 Å². The molecule has 0 aliphatic rings. The first-order valence-corrected chi connectivity index (χ1v) is 10.2. The fourth-order valence-electron chi connectivity index (χ4n) is 3.46. The van der Waals surface area contributed by atoms with E-state index in [0.717, 1.165) is 34.6 Å². The van der Waals surface area contributed by atoms with Gasteiger partial charge in [-0.25, -0.2) is 19.9 Å². The lowest BCUT2D eigenvalue weighted by Gasteiger charge is -2.25. The Bertz CT molecular complexity index is 1070. The van der Waals surface area contributed by atoms with E-state index in [-0.39, 0.29) is 0 Å². The number of anilines is 6. The maximum absolute atomic E-state index is 4.54. The SMILES string of the molecule is c1ccc(N(c2ccc(N(c3ccccn3)c3ccccn3)cc2)c2ccccn2)nc1. The van der Waals surface area contributed by atoms with Gasteiger partial charge in [-0.3, -0.25) is 9.80 Å². The summed E-state index contributed by atoms with van der Waals surface area (Å²) >= 11 is 0.